The highest BCUT2D eigenvalue weighted by atomic mass is 19.2. The van der Waals surface area contributed by atoms with E-state index < -0.39 is 6.97 Å². The van der Waals surface area contributed by atoms with Gasteiger partial charge in [-0.05, 0) is 55.8 Å². The minimum absolute atomic E-state index is 0.154. The Hall–Kier alpha value is -2.63. The van der Waals surface area contributed by atoms with Crippen LogP contribution in [-0.4, -0.2) is 26.8 Å². The van der Waals surface area contributed by atoms with Crippen molar-refractivity contribution in [1.82, 2.24) is 4.48 Å². The van der Waals surface area contributed by atoms with Crippen LogP contribution >= 0.6 is 0 Å². The summed E-state index contributed by atoms with van der Waals surface area (Å²) in [5, 5.41) is 9.61. The number of aromatic nitrogens is 1. The Kier molecular flexibility index (Phi) is 3.14. The van der Waals surface area contributed by atoms with E-state index in [1.165, 1.54) is 8.96 Å². The monoisotopic (exact) mass is 340 g/mol. The summed E-state index contributed by atoms with van der Waals surface area (Å²) in [5.74, 6) is 0.154. The highest BCUT2D eigenvalue weighted by Gasteiger charge is 2.55. The summed E-state index contributed by atoms with van der Waals surface area (Å²) >= 11 is 0. The highest BCUT2D eigenvalue weighted by Crippen LogP contribution is 2.44. The lowest BCUT2D eigenvalue weighted by Gasteiger charge is -2.34. The molecule has 0 radical (unpaired) electrons. The lowest BCUT2D eigenvalue weighted by molar-refractivity contribution is -0.363. The summed E-state index contributed by atoms with van der Waals surface area (Å²) in [4.78, 5) is 0. The van der Waals surface area contributed by atoms with E-state index in [1.807, 2.05) is 26.0 Å². The van der Waals surface area contributed by atoms with Crippen molar-refractivity contribution in [3.05, 3.63) is 70.2 Å². The van der Waals surface area contributed by atoms with Crippen LogP contribution in [0.4, 0.5) is 8.63 Å². The molecule has 2 aliphatic rings. The van der Waals surface area contributed by atoms with Gasteiger partial charge in [-0.15, -0.1) is 0 Å². The fourth-order valence-electron chi connectivity index (χ4n) is 4.20. The molecule has 3 nitrogen and oxygen atoms in total. The van der Waals surface area contributed by atoms with Crippen LogP contribution in [-0.2, 0) is 0 Å². The number of hydrogen-bond acceptors (Lipinski definition) is 1. The molecule has 0 aliphatic carbocycles. The second kappa shape index (κ2) is 4.94. The molecule has 0 spiro atoms. The maximum Gasteiger partial charge on any atom is 0.737 e. The number of allylic oxidation sites excluding steroid dienone is 2. The van der Waals surface area contributed by atoms with Gasteiger partial charge in [0.15, 0.2) is 5.70 Å². The number of hydrogen-bond donors (Lipinski definition) is 1. The van der Waals surface area contributed by atoms with Crippen LogP contribution in [0.1, 0.15) is 36.4 Å². The number of aryl methyl sites for hydroxylation is 2. The Bertz CT molecular complexity index is 1010. The SMILES string of the molecule is CC1=CC(C)=[N+]2C1=C(c1ccc(O)cc1)c1c(C)cc(C)n1[B-]2(F)F. The van der Waals surface area contributed by atoms with Crippen LogP contribution in [0.2, 0.25) is 0 Å². The minimum Gasteiger partial charge on any atom is -0.508 e. The number of nitrogens with zero attached hydrogens (tertiary/aromatic N) is 2. The quantitative estimate of drug-likeness (QED) is 0.773. The number of benzene rings is 1. The molecule has 1 aromatic carbocycles. The maximum absolute atomic E-state index is 15.4. The van der Waals surface area contributed by atoms with Crippen molar-refractivity contribution in [1.29, 1.82) is 0 Å². The molecule has 2 aliphatic heterocycles. The molecule has 0 bridgehead atoms. The summed E-state index contributed by atoms with van der Waals surface area (Å²) in [6.07, 6.45) is 1.81. The van der Waals surface area contributed by atoms with Gasteiger partial charge < -0.3 is 22.7 Å². The third-order valence-corrected chi connectivity index (χ3v) is 5.09. The third kappa shape index (κ3) is 2.00. The second-order valence-electron chi connectivity index (χ2n) is 6.88. The van der Waals surface area contributed by atoms with Gasteiger partial charge >= 0.3 is 6.97 Å². The smallest absolute Gasteiger partial charge is 0.508 e. The normalized spacial score (nSPS) is 18.4. The van der Waals surface area contributed by atoms with Crippen molar-refractivity contribution in [3.8, 4) is 5.75 Å². The Balaban J connectivity index is 2.17. The first-order valence-corrected chi connectivity index (χ1v) is 8.30. The van der Waals surface area contributed by atoms with Crippen molar-refractivity contribution in [3.63, 3.8) is 0 Å². The van der Waals surface area contributed by atoms with Gasteiger partial charge in [0.2, 0.25) is 0 Å². The number of rotatable bonds is 1. The summed E-state index contributed by atoms with van der Waals surface area (Å²) in [6, 6.07) is 8.54. The number of phenolic OH excluding ortho intramolecular Hbond substituents is 1. The van der Waals surface area contributed by atoms with Crippen LogP contribution in [0.25, 0.3) is 5.57 Å². The molecule has 128 valence electrons. The molecular weight excluding hydrogens is 321 g/mol. The first-order valence-electron chi connectivity index (χ1n) is 8.30. The average Bonchev–Trinajstić information content (AvgIpc) is 2.99. The molecule has 2 aromatic rings. The second-order valence-corrected chi connectivity index (χ2v) is 6.88. The van der Waals surface area contributed by atoms with Crippen LogP contribution in [0, 0.1) is 13.8 Å². The van der Waals surface area contributed by atoms with Crippen molar-refractivity contribution in [2.45, 2.75) is 27.7 Å². The summed E-state index contributed by atoms with van der Waals surface area (Å²) < 4.78 is 33.2. The number of phenols is 1. The van der Waals surface area contributed by atoms with E-state index in [9.17, 15) is 5.11 Å². The fraction of sp³-hybridized carbons (Fsp3) is 0.211. The number of aromatic hydroxyl groups is 1. The van der Waals surface area contributed by atoms with Crippen molar-refractivity contribution in [2.24, 2.45) is 0 Å². The van der Waals surface area contributed by atoms with Crippen molar-refractivity contribution < 1.29 is 18.2 Å². The van der Waals surface area contributed by atoms with Crippen LogP contribution in [0.3, 0.4) is 0 Å². The predicted octanol–water partition coefficient (Wildman–Crippen LogP) is 4.24. The molecule has 0 saturated heterocycles. The van der Waals surface area contributed by atoms with Crippen LogP contribution < -0.4 is 0 Å². The molecule has 0 atom stereocenters. The Morgan fingerprint density at radius 3 is 2.32 bits per heavy atom. The Morgan fingerprint density at radius 2 is 1.68 bits per heavy atom. The molecular formula is C19H19BF2N2O. The largest absolute Gasteiger partial charge is 0.737 e. The maximum atomic E-state index is 15.4. The van der Waals surface area contributed by atoms with Gasteiger partial charge in [0.1, 0.15) is 11.5 Å². The lowest BCUT2D eigenvalue weighted by atomic mass is 9.84. The van der Waals surface area contributed by atoms with E-state index >= 15 is 8.63 Å². The number of fused-ring (bicyclic) bond motifs is 2. The summed E-state index contributed by atoms with van der Waals surface area (Å²) in [5.41, 5.74) is 5.45. The van der Waals surface area contributed by atoms with Gasteiger partial charge in [0.25, 0.3) is 0 Å². The van der Waals surface area contributed by atoms with E-state index in [1.54, 1.807) is 38.1 Å². The molecule has 4 rings (SSSR count). The molecule has 25 heavy (non-hydrogen) atoms. The van der Waals surface area contributed by atoms with E-state index in [0.29, 0.717) is 22.8 Å². The zero-order valence-corrected chi connectivity index (χ0v) is 14.6. The van der Waals surface area contributed by atoms with Gasteiger partial charge in [-0.1, -0.05) is 12.1 Å². The summed E-state index contributed by atoms with van der Waals surface area (Å²) in [7, 11) is 0. The van der Waals surface area contributed by atoms with E-state index in [-0.39, 0.29) is 5.75 Å². The van der Waals surface area contributed by atoms with E-state index in [0.717, 1.165) is 22.3 Å². The lowest BCUT2D eigenvalue weighted by Crippen LogP contribution is -2.51. The number of halogens is 2. The average molecular weight is 340 g/mol. The standard InChI is InChI=1S/C19H19BF2N2O/c1-11-9-13(3)23-18(11)17(15-5-7-16(25)8-6-15)19-12(2)10-14(4)24(19)20(23,21)22/h5-10,25H,1-4H3. The first-order chi connectivity index (χ1) is 11.7. The zero-order chi connectivity index (χ0) is 18.1. The molecule has 0 fully saturated rings. The van der Waals surface area contributed by atoms with Gasteiger partial charge in [-0.3, -0.25) is 0 Å². The van der Waals surface area contributed by atoms with Gasteiger partial charge in [0, 0.05) is 24.3 Å². The molecule has 0 unspecified atom stereocenters. The fourth-order valence-corrected chi connectivity index (χ4v) is 4.20. The van der Waals surface area contributed by atoms with Crippen molar-refractivity contribution in [2.75, 3.05) is 0 Å². The van der Waals surface area contributed by atoms with Gasteiger partial charge in [-0.2, -0.15) is 0 Å². The van der Waals surface area contributed by atoms with Crippen LogP contribution in [0.15, 0.2) is 47.7 Å². The molecule has 0 amide bonds. The van der Waals surface area contributed by atoms with Crippen LogP contribution in [0.5, 0.6) is 5.75 Å². The molecule has 6 heteroatoms. The Labute approximate surface area is 145 Å². The van der Waals surface area contributed by atoms with Gasteiger partial charge in [-0.25, -0.2) is 0 Å². The first kappa shape index (κ1) is 15.9. The van der Waals surface area contributed by atoms with Gasteiger partial charge in [0.05, 0.1) is 5.57 Å². The summed E-state index contributed by atoms with van der Waals surface area (Å²) in [6.45, 7) is 3.23. The third-order valence-electron chi connectivity index (χ3n) is 5.09. The molecule has 0 saturated carbocycles. The van der Waals surface area contributed by atoms with E-state index in [4.69, 9.17) is 0 Å². The highest BCUT2D eigenvalue weighted by molar-refractivity contribution is 6.58. The Morgan fingerprint density at radius 1 is 1.04 bits per heavy atom. The molecule has 3 heterocycles. The minimum atomic E-state index is -3.95. The zero-order valence-electron chi connectivity index (χ0n) is 14.6. The predicted molar refractivity (Wildman–Crippen MR) is 96.1 cm³/mol. The molecule has 1 aromatic heterocycles. The topological polar surface area (TPSA) is 28.2 Å². The molecule has 1 N–H and O–H groups in total. The van der Waals surface area contributed by atoms with E-state index in [2.05, 4.69) is 0 Å². The van der Waals surface area contributed by atoms with Crippen molar-refractivity contribution >= 4 is 18.3 Å².